The molecular formula is C25H19N2NaO3S. The van der Waals surface area contributed by atoms with Gasteiger partial charge in [-0.15, -0.1) is 0 Å². The summed E-state index contributed by atoms with van der Waals surface area (Å²) in [5.41, 5.74) is 5.07. The van der Waals surface area contributed by atoms with Crippen molar-refractivity contribution in [3.63, 3.8) is 0 Å². The van der Waals surface area contributed by atoms with E-state index >= 15 is 0 Å². The molecule has 5 nitrogen and oxygen atoms in total. The van der Waals surface area contributed by atoms with Crippen LogP contribution in [0.1, 0.15) is 32.6 Å². The average molecular weight is 450 g/mol. The zero-order chi connectivity index (χ0) is 22.0. The molecule has 3 aromatic carbocycles. The molecule has 154 valence electrons. The van der Waals surface area contributed by atoms with Crippen LogP contribution < -0.4 is 34.7 Å². The second-order valence-electron chi connectivity index (χ2n) is 7.47. The van der Waals surface area contributed by atoms with Gasteiger partial charge in [0.15, 0.2) is 5.78 Å². The van der Waals surface area contributed by atoms with Gasteiger partial charge in [-0.05, 0) is 37.1 Å². The van der Waals surface area contributed by atoms with E-state index in [-0.39, 0.29) is 52.9 Å². The third-order valence-corrected chi connectivity index (χ3v) is 5.69. The fourth-order valence-electron chi connectivity index (χ4n) is 3.42. The quantitative estimate of drug-likeness (QED) is 0.248. The first-order valence-corrected chi connectivity index (χ1v) is 10.5. The molecule has 4 rings (SSSR count). The Bertz CT molecular complexity index is 1310. The van der Waals surface area contributed by atoms with Crippen LogP contribution >= 0.6 is 11.7 Å². The molecule has 1 heterocycles. The van der Waals surface area contributed by atoms with Crippen LogP contribution in [0.5, 0.6) is 0 Å². The molecule has 0 fully saturated rings. The van der Waals surface area contributed by atoms with Crippen molar-refractivity contribution in [1.29, 1.82) is 0 Å². The third kappa shape index (κ3) is 5.22. The number of fused-ring (bicyclic) bond motifs is 1. The van der Waals surface area contributed by atoms with E-state index < -0.39 is 5.97 Å². The summed E-state index contributed by atoms with van der Waals surface area (Å²) in [4.78, 5) is 25.8. The molecule has 0 N–H and O–H groups in total. The van der Waals surface area contributed by atoms with Crippen molar-refractivity contribution in [2.45, 2.75) is 20.3 Å². The van der Waals surface area contributed by atoms with E-state index in [1.807, 2.05) is 50.2 Å². The summed E-state index contributed by atoms with van der Waals surface area (Å²) in [5.74, 6) is -1.73. The minimum absolute atomic E-state index is 0. The third-order valence-electron chi connectivity index (χ3n) is 5.14. The molecule has 7 heteroatoms. The van der Waals surface area contributed by atoms with Crippen molar-refractivity contribution in [2.75, 3.05) is 0 Å². The number of aryl methyl sites for hydroxylation is 2. The summed E-state index contributed by atoms with van der Waals surface area (Å²) in [7, 11) is 0. The summed E-state index contributed by atoms with van der Waals surface area (Å²) in [5, 5.41) is 12.3. The molecule has 32 heavy (non-hydrogen) atoms. The maximum atomic E-state index is 13.5. The Hall–Kier alpha value is -2.64. The van der Waals surface area contributed by atoms with Crippen LogP contribution in [0.4, 0.5) is 0 Å². The summed E-state index contributed by atoms with van der Waals surface area (Å²) in [6, 6.07) is 19.8. The maximum Gasteiger partial charge on any atom is 1.00 e. The van der Waals surface area contributed by atoms with Gasteiger partial charge in [0.25, 0.3) is 0 Å². The molecule has 0 aliphatic carbocycles. The number of aromatic nitrogens is 2. The van der Waals surface area contributed by atoms with Gasteiger partial charge in [0.2, 0.25) is 0 Å². The molecule has 0 spiro atoms. The molecule has 0 saturated carbocycles. The number of rotatable bonds is 6. The second-order valence-corrected chi connectivity index (χ2v) is 7.99. The molecular weight excluding hydrogens is 431 g/mol. The topological polar surface area (TPSA) is 83.0 Å². The Balaban J connectivity index is 0.00000289. The maximum absolute atomic E-state index is 13.5. The van der Waals surface area contributed by atoms with Gasteiger partial charge in [0.05, 0.1) is 17.7 Å². The molecule has 1 aromatic heterocycles. The summed E-state index contributed by atoms with van der Waals surface area (Å²) >= 11 is 1.05. The Kier molecular flexibility index (Phi) is 7.74. The van der Waals surface area contributed by atoms with E-state index in [2.05, 4.69) is 8.75 Å². The molecule has 0 atom stereocenters. The van der Waals surface area contributed by atoms with Crippen LogP contribution in [-0.2, 0) is 11.2 Å². The number of carboxylic acids is 1. The number of carbonyl (C=O) groups excluding carboxylic acids is 2. The zero-order valence-electron chi connectivity index (χ0n) is 18.1. The standard InChI is InChI=1S/C25H20N2O3S.Na/c1-15-3-7-17(8-4-15)13-20(24(28)18-9-5-16(2)6-10-18)23(25(29)30)19-11-12-21-22(14-19)27-31-26-21;/h3-12,14H,13H2,1-2H3,(H,29,30);/q;+1/p-1/b23-20+;. The van der Waals surface area contributed by atoms with Crippen LogP contribution in [0.3, 0.4) is 0 Å². The van der Waals surface area contributed by atoms with Gasteiger partial charge >= 0.3 is 29.6 Å². The molecule has 0 radical (unpaired) electrons. The molecule has 0 aliphatic rings. The van der Waals surface area contributed by atoms with Crippen molar-refractivity contribution >= 4 is 40.1 Å². The zero-order valence-corrected chi connectivity index (χ0v) is 20.9. The van der Waals surface area contributed by atoms with E-state index in [9.17, 15) is 14.7 Å². The van der Waals surface area contributed by atoms with Crippen LogP contribution in [0, 0.1) is 13.8 Å². The van der Waals surface area contributed by atoms with Gasteiger partial charge in [-0.3, -0.25) is 4.79 Å². The van der Waals surface area contributed by atoms with Gasteiger partial charge in [-0.25, -0.2) is 0 Å². The number of ketones is 1. The number of carboxylic acid groups (broad SMARTS) is 1. The largest absolute Gasteiger partial charge is 1.00 e. The molecule has 0 amide bonds. The van der Waals surface area contributed by atoms with Crippen LogP contribution in [0.25, 0.3) is 16.6 Å². The van der Waals surface area contributed by atoms with Crippen molar-refractivity contribution in [3.05, 3.63) is 100 Å². The van der Waals surface area contributed by atoms with Crippen molar-refractivity contribution in [2.24, 2.45) is 0 Å². The monoisotopic (exact) mass is 450 g/mol. The van der Waals surface area contributed by atoms with Gasteiger partial charge in [0, 0.05) is 23.1 Å². The summed E-state index contributed by atoms with van der Waals surface area (Å²) in [6.07, 6.45) is 0.170. The van der Waals surface area contributed by atoms with Crippen molar-refractivity contribution < 1.29 is 44.3 Å². The Morgan fingerprint density at radius 2 is 1.38 bits per heavy atom. The van der Waals surface area contributed by atoms with Crippen LogP contribution in [-0.4, -0.2) is 20.5 Å². The first-order chi connectivity index (χ1) is 14.9. The predicted molar refractivity (Wildman–Crippen MR) is 120 cm³/mol. The number of allylic oxidation sites excluding steroid dienone is 1. The fourth-order valence-corrected chi connectivity index (χ4v) is 3.94. The number of hydrogen-bond donors (Lipinski definition) is 0. The summed E-state index contributed by atoms with van der Waals surface area (Å²) < 4.78 is 8.36. The minimum atomic E-state index is -1.40. The van der Waals surface area contributed by atoms with Gasteiger partial charge in [-0.1, -0.05) is 65.7 Å². The predicted octanol–water partition coefficient (Wildman–Crippen LogP) is 0.941. The number of carbonyl (C=O) groups is 2. The number of aliphatic carboxylic acids is 1. The Morgan fingerprint density at radius 3 is 2.00 bits per heavy atom. The van der Waals surface area contributed by atoms with E-state index in [0.29, 0.717) is 22.2 Å². The van der Waals surface area contributed by atoms with Gasteiger partial charge in [0.1, 0.15) is 11.0 Å². The fraction of sp³-hybridized carbons (Fsp3) is 0.120. The second kappa shape index (κ2) is 10.3. The van der Waals surface area contributed by atoms with Crippen molar-refractivity contribution in [1.82, 2.24) is 8.75 Å². The number of nitrogens with zero attached hydrogens (tertiary/aromatic N) is 2. The van der Waals surface area contributed by atoms with Crippen LogP contribution in [0.2, 0.25) is 0 Å². The minimum Gasteiger partial charge on any atom is -0.545 e. The first-order valence-electron chi connectivity index (χ1n) is 9.76. The van der Waals surface area contributed by atoms with E-state index in [0.717, 1.165) is 28.4 Å². The van der Waals surface area contributed by atoms with Crippen LogP contribution in [0.15, 0.2) is 72.3 Å². The van der Waals surface area contributed by atoms with E-state index in [1.54, 1.807) is 30.3 Å². The number of Topliss-reactive ketones (excluding diaryl/α,β-unsaturated/α-hetero) is 1. The van der Waals surface area contributed by atoms with E-state index in [4.69, 9.17) is 0 Å². The smallest absolute Gasteiger partial charge is 0.545 e. The average Bonchev–Trinajstić information content (AvgIpc) is 3.22. The SMILES string of the molecule is Cc1ccc(C/C(C(=O)c2ccc(C)cc2)=C(\C(=O)[O-])c2ccc3nsnc3c2)cc1.[Na+]. The van der Waals surface area contributed by atoms with Crippen molar-refractivity contribution in [3.8, 4) is 0 Å². The molecule has 0 saturated heterocycles. The summed E-state index contributed by atoms with van der Waals surface area (Å²) in [6.45, 7) is 3.91. The molecule has 0 unspecified atom stereocenters. The van der Waals surface area contributed by atoms with Gasteiger partial charge in [-0.2, -0.15) is 8.75 Å². The normalized spacial score (nSPS) is 11.6. The Morgan fingerprint density at radius 1 is 0.812 bits per heavy atom. The van der Waals surface area contributed by atoms with E-state index in [1.165, 1.54) is 0 Å². The number of benzene rings is 3. The number of hydrogen-bond acceptors (Lipinski definition) is 6. The molecule has 4 aromatic rings. The first kappa shape index (κ1) is 24.0. The Labute approximate surface area is 212 Å². The molecule has 0 bridgehead atoms. The van der Waals surface area contributed by atoms with Gasteiger partial charge < -0.3 is 9.90 Å². The molecule has 0 aliphatic heterocycles.